The van der Waals surface area contributed by atoms with Crippen molar-refractivity contribution in [2.24, 2.45) is 29.5 Å². The Bertz CT molecular complexity index is 233. The maximum absolute atomic E-state index is 5.93. The van der Waals surface area contributed by atoms with Gasteiger partial charge < -0.3 is 4.74 Å². The van der Waals surface area contributed by atoms with Gasteiger partial charge in [-0.1, -0.05) is 34.1 Å². The number of ether oxygens (including phenoxy) is 1. The molecule has 108 valence electrons. The average Bonchev–Trinajstić information content (AvgIpc) is 2.33. The first kappa shape index (κ1) is 15.9. The standard InChI is InChI=1S/C15H32N2O/c1-6-18-15(10(2)3)14(17-16)13-8-7-11(4)12(5)9-13/h10-15,17H,6-9,16H2,1-5H3. The quantitative estimate of drug-likeness (QED) is 0.567. The number of rotatable bonds is 6. The molecule has 0 aromatic carbocycles. The Hall–Kier alpha value is -0.120. The highest BCUT2D eigenvalue weighted by molar-refractivity contribution is 4.88. The van der Waals surface area contributed by atoms with Crippen LogP contribution in [-0.4, -0.2) is 18.8 Å². The smallest absolute Gasteiger partial charge is 0.0766 e. The summed E-state index contributed by atoms with van der Waals surface area (Å²) in [7, 11) is 0. The maximum Gasteiger partial charge on any atom is 0.0766 e. The third-order valence-electron chi connectivity index (χ3n) is 4.71. The molecule has 0 heterocycles. The van der Waals surface area contributed by atoms with Gasteiger partial charge in [0.1, 0.15) is 0 Å². The molecule has 1 aliphatic rings. The van der Waals surface area contributed by atoms with E-state index in [0.717, 1.165) is 18.4 Å². The number of nitrogens with two attached hydrogens (primary N) is 1. The molecule has 1 fully saturated rings. The van der Waals surface area contributed by atoms with Crippen LogP contribution in [0.3, 0.4) is 0 Å². The van der Waals surface area contributed by atoms with Gasteiger partial charge in [0.2, 0.25) is 0 Å². The van der Waals surface area contributed by atoms with Crippen LogP contribution in [0.5, 0.6) is 0 Å². The molecule has 1 saturated carbocycles. The summed E-state index contributed by atoms with van der Waals surface area (Å²) in [5.74, 6) is 8.63. The molecule has 18 heavy (non-hydrogen) atoms. The highest BCUT2D eigenvalue weighted by atomic mass is 16.5. The SMILES string of the molecule is CCOC(C(C)C)C(NN)C1CCC(C)C(C)C1. The van der Waals surface area contributed by atoms with E-state index in [2.05, 4.69) is 40.0 Å². The van der Waals surface area contributed by atoms with Crippen LogP contribution in [-0.2, 0) is 4.74 Å². The Morgan fingerprint density at radius 2 is 1.89 bits per heavy atom. The van der Waals surface area contributed by atoms with E-state index in [4.69, 9.17) is 10.6 Å². The first-order valence-corrected chi connectivity index (χ1v) is 7.58. The second-order valence-electron chi connectivity index (χ2n) is 6.38. The minimum absolute atomic E-state index is 0.227. The lowest BCUT2D eigenvalue weighted by Gasteiger charge is -2.40. The van der Waals surface area contributed by atoms with E-state index in [1.165, 1.54) is 19.3 Å². The topological polar surface area (TPSA) is 47.3 Å². The first-order chi connectivity index (χ1) is 8.51. The summed E-state index contributed by atoms with van der Waals surface area (Å²) in [5, 5.41) is 0. The van der Waals surface area contributed by atoms with Gasteiger partial charge in [-0.3, -0.25) is 11.3 Å². The highest BCUT2D eigenvalue weighted by Gasteiger charge is 2.35. The van der Waals surface area contributed by atoms with Gasteiger partial charge in [0.05, 0.1) is 12.1 Å². The van der Waals surface area contributed by atoms with Gasteiger partial charge in [-0.05, 0) is 43.4 Å². The summed E-state index contributed by atoms with van der Waals surface area (Å²) in [6, 6.07) is 0.292. The van der Waals surface area contributed by atoms with Crippen LogP contribution in [0.4, 0.5) is 0 Å². The van der Waals surface area contributed by atoms with E-state index < -0.39 is 0 Å². The molecule has 5 unspecified atom stereocenters. The molecule has 0 amide bonds. The lowest BCUT2D eigenvalue weighted by atomic mass is 9.71. The molecule has 3 nitrogen and oxygen atoms in total. The molecule has 0 aromatic rings. The monoisotopic (exact) mass is 256 g/mol. The summed E-state index contributed by atoms with van der Waals surface area (Å²) in [6.45, 7) is 12.0. The Labute approximate surface area is 113 Å². The fourth-order valence-corrected chi connectivity index (χ4v) is 3.32. The zero-order chi connectivity index (χ0) is 13.7. The molecular formula is C15H32N2O. The molecule has 3 heteroatoms. The van der Waals surface area contributed by atoms with Crippen molar-refractivity contribution in [2.45, 2.75) is 66.0 Å². The predicted octanol–water partition coefficient (Wildman–Crippen LogP) is 2.95. The van der Waals surface area contributed by atoms with Crippen LogP contribution < -0.4 is 11.3 Å². The number of nitrogens with one attached hydrogen (secondary N) is 1. The lowest BCUT2D eigenvalue weighted by Crippen LogP contribution is -2.53. The second-order valence-corrected chi connectivity index (χ2v) is 6.38. The van der Waals surface area contributed by atoms with Crippen molar-refractivity contribution in [3.63, 3.8) is 0 Å². The molecule has 1 rings (SSSR count). The van der Waals surface area contributed by atoms with Crippen LogP contribution in [0.25, 0.3) is 0 Å². The van der Waals surface area contributed by atoms with Gasteiger partial charge in [0, 0.05) is 6.61 Å². The number of hydrogen-bond donors (Lipinski definition) is 2. The zero-order valence-corrected chi connectivity index (χ0v) is 12.8. The van der Waals surface area contributed by atoms with Crippen molar-refractivity contribution >= 4 is 0 Å². The number of hydrazine groups is 1. The minimum Gasteiger partial charge on any atom is -0.377 e. The summed E-state index contributed by atoms with van der Waals surface area (Å²) in [5.41, 5.74) is 3.05. The lowest BCUT2D eigenvalue weighted by molar-refractivity contribution is -0.0224. The fraction of sp³-hybridized carbons (Fsp3) is 1.00. The van der Waals surface area contributed by atoms with Crippen LogP contribution in [0.2, 0.25) is 0 Å². The summed E-state index contributed by atoms with van der Waals surface area (Å²) in [4.78, 5) is 0. The molecular weight excluding hydrogens is 224 g/mol. The summed E-state index contributed by atoms with van der Waals surface area (Å²) < 4.78 is 5.93. The highest BCUT2D eigenvalue weighted by Crippen LogP contribution is 2.36. The Kier molecular flexibility index (Phi) is 6.61. The Morgan fingerprint density at radius 1 is 1.22 bits per heavy atom. The molecule has 0 spiro atoms. The van der Waals surface area contributed by atoms with Crippen molar-refractivity contribution in [2.75, 3.05) is 6.61 Å². The van der Waals surface area contributed by atoms with E-state index in [1.807, 2.05) is 0 Å². The van der Waals surface area contributed by atoms with E-state index in [-0.39, 0.29) is 6.10 Å². The van der Waals surface area contributed by atoms with Crippen molar-refractivity contribution in [3.8, 4) is 0 Å². The van der Waals surface area contributed by atoms with Gasteiger partial charge >= 0.3 is 0 Å². The van der Waals surface area contributed by atoms with Gasteiger partial charge in [-0.2, -0.15) is 0 Å². The zero-order valence-electron chi connectivity index (χ0n) is 12.8. The van der Waals surface area contributed by atoms with Gasteiger partial charge in [0.15, 0.2) is 0 Å². The average molecular weight is 256 g/mol. The molecule has 1 aliphatic carbocycles. The van der Waals surface area contributed by atoms with E-state index in [1.54, 1.807) is 0 Å². The van der Waals surface area contributed by atoms with Crippen LogP contribution in [0.1, 0.15) is 53.9 Å². The maximum atomic E-state index is 5.93. The molecule has 0 aliphatic heterocycles. The van der Waals surface area contributed by atoms with Gasteiger partial charge in [-0.25, -0.2) is 0 Å². The predicted molar refractivity (Wildman–Crippen MR) is 77.0 cm³/mol. The number of hydrogen-bond acceptors (Lipinski definition) is 3. The fourth-order valence-electron chi connectivity index (χ4n) is 3.32. The third kappa shape index (κ3) is 3.94. The van der Waals surface area contributed by atoms with Crippen LogP contribution in [0, 0.1) is 23.7 Å². The normalized spacial score (nSPS) is 32.5. The molecule has 0 radical (unpaired) electrons. The minimum atomic E-state index is 0.227. The summed E-state index contributed by atoms with van der Waals surface area (Å²) in [6.07, 6.45) is 4.09. The largest absolute Gasteiger partial charge is 0.377 e. The van der Waals surface area contributed by atoms with Crippen LogP contribution in [0.15, 0.2) is 0 Å². The molecule has 0 bridgehead atoms. The van der Waals surface area contributed by atoms with Crippen molar-refractivity contribution < 1.29 is 4.74 Å². The Balaban J connectivity index is 2.69. The van der Waals surface area contributed by atoms with Gasteiger partial charge in [0.25, 0.3) is 0 Å². The first-order valence-electron chi connectivity index (χ1n) is 7.58. The Morgan fingerprint density at radius 3 is 2.33 bits per heavy atom. The summed E-state index contributed by atoms with van der Waals surface area (Å²) >= 11 is 0. The molecule has 0 aromatic heterocycles. The van der Waals surface area contributed by atoms with Crippen molar-refractivity contribution in [1.82, 2.24) is 5.43 Å². The van der Waals surface area contributed by atoms with Crippen molar-refractivity contribution in [1.29, 1.82) is 0 Å². The molecule has 3 N–H and O–H groups in total. The van der Waals surface area contributed by atoms with Crippen LogP contribution >= 0.6 is 0 Å². The van der Waals surface area contributed by atoms with Gasteiger partial charge in [-0.15, -0.1) is 0 Å². The van der Waals surface area contributed by atoms with E-state index >= 15 is 0 Å². The van der Waals surface area contributed by atoms with Crippen molar-refractivity contribution in [3.05, 3.63) is 0 Å². The van der Waals surface area contributed by atoms with E-state index in [9.17, 15) is 0 Å². The second kappa shape index (κ2) is 7.46. The molecule has 5 atom stereocenters. The third-order valence-corrected chi connectivity index (χ3v) is 4.71. The van der Waals surface area contributed by atoms with E-state index in [0.29, 0.717) is 17.9 Å². The molecule has 0 saturated heterocycles.